The van der Waals surface area contributed by atoms with Crippen LogP contribution in [-0.2, 0) is 6.42 Å². The molecule has 0 spiro atoms. The van der Waals surface area contributed by atoms with Crippen LogP contribution in [0.15, 0.2) is 36.4 Å². The van der Waals surface area contributed by atoms with Crippen LogP contribution in [0.2, 0.25) is 15.1 Å². The maximum atomic E-state index is 13.8. The standard InChI is InChI=1S/C15H13Cl3FN/c1-20-15(12-8-11(17)2-4-13(12)18)7-9-6-10(16)3-5-14(9)19/h2-6,8,15,20H,7H2,1H3. The summed E-state index contributed by atoms with van der Waals surface area (Å²) in [6, 6.07) is 9.62. The number of hydrogen-bond acceptors (Lipinski definition) is 1. The zero-order chi connectivity index (χ0) is 14.7. The van der Waals surface area contributed by atoms with Gasteiger partial charge in [-0.1, -0.05) is 34.8 Å². The summed E-state index contributed by atoms with van der Waals surface area (Å²) in [6.07, 6.45) is 0.433. The van der Waals surface area contributed by atoms with Gasteiger partial charge in [0.2, 0.25) is 0 Å². The van der Waals surface area contributed by atoms with Crippen LogP contribution in [0.25, 0.3) is 0 Å². The van der Waals surface area contributed by atoms with Crippen molar-refractivity contribution in [1.82, 2.24) is 5.32 Å². The van der Waals surface area contributed by atoms with E-state index in [0.29, 0.717) is 27.1 Å². The molecule has 0 bridgehead atoms. The molecule has 0 aliphatic rings. The lowest BCUT2D eigenvalue weighted by Gasteiger charge is -2.19. The van der Waals surface area contributed by atoms with Gasteiger partial charge in [-0.2, -0.15) is 0 Å². The minimum atomic E-state index is -0.284. The molecule has 0 aliphatic carbocycles. The lowest BCUT2D eigenvalue weighted by Crippen LogP contribution is -2.19. The van der Waals surface area contributed by atoms with Gasteiger partial charge in [0.25, 0.3) is 0 Å². The molecule has 0 fully saturated rings. The van der Waals surface area contributed by atoms with Gasteiger partial charge >= 0.3 is 0 Å². The van der Waals surface area contributed by atoms with Crippen molar-refractivity contribution in [2.75, 3.05) is 7.05 Å². The molecule has 20 heavy (non-hydrogen) atoms. The maximum Gasteiger partial charge on any atom is 0.126 e. The van der Waals surface area contributed by atoms with E-state index in [2.05, 4.69) is 5.32 Å². The Morgan fingerprint density at radius 1 is 1.05 bits per heavy atom. The van der Waals surface area contributed by atoms with Gasteiger partial charge in [0.05, 0.1) is 0 Å². The lowest BCUT2D eigenvalue weighted by molar-refractivity contribution is 0.554. The average molecular weight is 333 g/mol. The first kappa shape index (κ1) is 15.6. The molecule has 0 saturated heterocycles. The fraction of sp³-hybridized carbons (Fsp3) is 0.200. The molecule has 0 heterocycles. The second-order valence-electron chi connectivity index (χ2n) is 4.45. The molecule has 1 unspecified atom stereocenters. The van der Waals surface area contributed by atoms with Crippen LogP contribution in [0.4, 0.5) is 4.39 Å². The molecule has 0 saturated carbocycles. The number of halogens is 4. The van der Waals surface area contributed by atoms with E-state index >= 15 is 0 Å². The Morgan fingerprint density at radius 3 is 2.40 bits per heavy atom. The number of nitrogens with one attached hydrogen (secondary N) is 1. The molecule has 0 aliphatic heterocycles. The number of rotatable bonds is 4. The minimum Gasteiger partial charge on any atom is -0.313 e. The van der Waals surface area contributed by atoms with Crippen molar-refractivity contribution in [2.45, 2.75) is 12.5 Å². The summed E-state index contributed by atoms with van der Waals surface area (Å²) < 4.78 is 13.8. The highest BCUT2D eigenvalue weighted by molar-refractivity contribution is 6.33. The average Bonchev–Trinajstić information content (AvgIpc) is 2.42. The normalized spacial score (nSPS) is 12.4. The monoisotopic (exact) mass is 331 g/mol. The smallest absolute Gasteiger partial charge is 0.126 e. The third-order valence-corrected chi connectivity index (χ3v) is 3.93. The first-order valence-electron chi connectivity index (χ1n) is 6.07. The van der Waals surface area contributed by atoms with Crippen LogP contribution < -0.4 is 5.32 Å². The van der Waals surface area contributed by atoms with Crippen molar-refractivity contribution >= 4 is 34.8 Å². The molecular weight excluding hydrogens is 320 g/mol. The van der Waals surface area contributed by atoms with E-state index in [1.165, 1.54) is 12.1 Å². The van der Waals surface area contributed by atoms with Gasteiger partial charge in [-0.15, -0.1) is 0 Å². The van der Waals surface area contributed by atoms with E-state index in [0.717, 1.165) is 5.56 Å². The van der Waals surface area contributed by atoms with E-state index in [1.807, 2.05) is 0 Å². The van der Waals surface area contributed by atoms with Gasteiger partial charge in [0, 0.05) is 21.1 Å². The fourth-order valence-corrected chi connectivity index (χ4v) is 2.69. The summed E-state index contributed by atoms with van der Waals surface area (Å²) in [5.41, 5.74) is 1.37. The third-order valence-electron chi connectivity index (χ3n) is 3.11. The Bertz CT molecular complexity index is 616. The van der Waals surface area contributed by atoms with E-state index < -0.39 is 0 Å². The second-order valence-corrected chi connectivity index (χ2v) is 5.73. The van der Waals surface area contributed by atoms with Crippen molar-refractivity contribution in [3.63, 3.8) is 0 Å². The highest BCUT2D eigenvalue weighted by Gasteiger charge is 2.16. The molecule has 0 radical (unpaired) electrons. The molecule has 1 N–H and O–H groups in total. The fourth-order valence-electron chi connectivity index (χ4n) is 2.07. The van der Waals surface area contributed by atoms with Gasteiger partial charge in [-0.3, -0.25) is 0 Å². The SMILES string of the molecule is CNC(Cc1cc(Cl)ccc1F)c1cc(Cl)ccc1Cl. The molecule has 0 amide bonds. The number of hydrogen-bond donors (Lipinski definition) is 1. The third kappa shape index (κ3) is 3.64. The number of likely N-dealkylation sites (N-methyl/N-ethyl adjacent to an activating group) is 1. The van der Waals surface area contributed by atoms with Gasteiger partial charge < -0.3 is 5.32 Å². The van der Waals surface area contributed by atoms with E-state index in [9.17, 15) is 4.39 Å². The molecule has 2 rings (SSSR count). The Labute approximate surface area is 132 Å². The van der Waals surface area contributed by atoms with Gasteiger partial charge in [0.1, 0.15) is 5.82 Å². The van der Waals surface area contributed by atoms with E-state index in [4.69, 9.17) is 34.8 Å². The summed E-state index contributed by atoms with van der Waals surface area (Å²) in [5, 5.41) is 4.82. The van der Waals surface area contributed by atoms with E-state index in [1.54, 1.807) is 31.3 Å². The molecule has 106 valence electrons. The van der Waals surface area contributed by atoms with Crippen LogP contribution >= 0.6 is 34.8 Å². The van der Waals surface area contributed by atoms with Crippen molar-refractivity contribution in [3.05, 3.63) is 68.4 Å². The van der Waals surface area contributed by atoms with Crippen LogP contribution in [-0.4, -0.2) is 7.05 Å². The predicted molar refractivity (Wildman–Crippen MR) is 83.4 cm³/mol. The molecule has 2 aromatic rings. The molecule has 1 atom stereocenters. The molecular formula is C15H13Cl3FN. The predicted octanol–water partition coefficient (Wildman–Crippen LogP) is 5.29. The highest BCUT2D eigenvalue weighted by atomic mass is 35.5. The summed E-state index contributed by atoms with van der Waals surface area (Å²) in [7, 11) is 1.80. The first-order chi connectivity index (χ1) is 9.51. The van der Waals surface area contributed by atoms with Gasteiger partial charge in [-0.25, -0.2) is 4.39 Å². The highest BCUT2D eigenvalue weighted by Crippen LogP contribution is 2.29. The van der Waals surface area contributed by atoms with Crippen LogP contribution in [0, 0.1) is 5.82 Å². The zero-order valence-corrected chi connectivity index (χ0v) is 13.0. The van der Waals surface area contributed by atoms with Crippen molar-refractivity contribution in [1.29, 1.82) is 0 Å². The summed E-state index contributed by atoms with van der Waals surface area (Å²) in [5.74, 6) is -0.284. The molecule has 2 aromatic carbocycles. The molecule has 1 nitrogen and oxygen atoms in total. The number of benzene rings is 2. The van der Waals surface area contributed by atoms with Gasteiger partial charge in [0.15, 0.2) is 0 Å². The van der Waals surface area contributed by atoms with Crippen molar-refractivity contribution in [3.8, 4) is 0 Å². The Balaban J connectivity index is 2.33. The summed E-state index contributed by atoms with van der Waals surface area (Å²) in [6.45, 7) is 0. The Kier molecular flexibility index (Phi) is 5.28. The first-order valence-corrected chi connectivity index (χ1v) is 7.21. The lowest BCUT2D eigenvalue weighted by atomic mass is 9.98. The Morgan fingerprint density at radius 2 is 1.70 bits per heavy atom. The minimum absolute atomic E-state index is 0.144. The zero-order valence-electron chi connectivity index (χ0n) is 10.8. The molecule has 0 aromatic heterocycles. The van der Waals surface area contributed by atoms with Crippen LogP contribution in [0.3, 0.4) is 0 Å². The topological polar surface area (TPSA) is 12.0 Å². The second kappa shape index (κ2) is 6.77. The van der Waals surface area contributed by atoms with E-state index in [-0.39, 0.29) is 11.9 Å². The van der Waals surface area contributed by atoms with Crippen molar-refractivity contribution < 1.29 is 4.39 Å². The van der Waals surface area contributed by atoms with Gasteiger partial charge in [-0.05, 0) is 61.0 Å². The quantitative estimate of drug-likeness (QED) is 0.802. The largest absolute Gasteiger partial charge is 0.313 e. The van der Waals surface area contributed by atoms with Crippen molar-refractivity contribution in [2.24, 2.45) is 0 Å². The summed E-state index contributed by atoms with van der Waals surface area (Å²) in [4.78, 5) is 0. The van der Waals surface area contributed by atoms with Crippen LogP contribution in [0.1, 0.15) is 17.2 Å². The molecule has 5 heteroatoms. The Hall–Kier alpha value is -0.800. The summed E-state index contributed by atoms with van der Waals surface area (Å²) >= 11 is 18.1. The maximum absolute atomic E-state index is 13.8. The van der Waals surface area contributed by atoms with Crippen LogP contribution in [0.5, 0.6) is 0 Å².